The molecular weight excluding hydrogens is 442 g/mol. The maximum Gasteiger partial charge on any atom is 0.407 e. The summed E-state index contributed by atoms with van der Waals surface area (Å²) in [7, 11) is 0. The van der Waals surface area contributed by atoms with Crippen LogP contribution in [0.3, 0.4) is 0 Å². The number of hydrogen-bond donors (Lipinski definition) is 3. The lowest BCUT2D eigenvalue weighted by Gasteiger charge is -2.64. The van der Waals surface area contributed by atoms with Crippen LogP contribution in [-0.2, 0) is 9.53 Å². The fraction of sp³-hybridized carbons (Fsp3) is 0.929. The molecule has 0 unspecified atom stereocenters. The average molecular weight is 492 g/mol. The van der Waals surface area contributed by atoms with Gasteiger partial charge in [-0.25, -0.2) is 4.79 Å². The molecule has 0 radical (unpaired) electrons. The van der Waals surface area contributed by atoms with E-state index in [1.807, 2.05) is 0 Å². The normalized spacial score (nSPS) is 42.6. The van der Waals surface area contributed by atoms with Crippen LogP contribution in [0.25, 0.3) is 0 Å². The van der Waals surface area contributed by atoms with Gasteiger partial charge < -0.3 is 25.8 Å². The molecule has 0 aromatic rings. The number of alkyl carbamates (subject to hydrolysis) is 1. The van der Waals surface area contributed by atoms with Crippen LogP contribution in [0.15, 0.2) is 0 Å². The Hall–Kier alpha value is -1.34. The summed E-state index contributed by atoms with van der Waals surface area (Å²) in [4.78, 5) is 26.8. The third-order valence-electron chi connectivity index (χ3n) is 11.3. The molecule has 200 valence electrons. The molecule has 4 aliphatic carbocycles. The van der Waals surface area contributed by atoms with E-state index < -0.39 is 5.97 Å². The van der Waals surface area contributed by atoms with Crippen molar-refractivity contribution < 1.29 is 19.4 Å². The quantitative estimate of drug-likeness (QED) is 0.427. The summed E-state index contributed by atoms with van der Waals surface area (Å²) >= 11 is 0. The van der Waals surface area contributed by atoms with Crippen LogP contribution < -0.4 is 11.1 Å². The lowest BCUT2D eigenvalue weighted by molar-refractivity contribution is -0.157. The number of nitrogens with zero attached hydrogens (tertiary/aromatic N) is 1. The number of rotatable bonds is 8. The Balaban J connectivity index is 1.33. The summed E-state index contributed by atoms with van der Waals surface area (Å²) in [5, 5.41) is 12.8. The molecule has 7 heteroatoms. The summed E-state index contributed by atoms with van der Waals surface area (Å²) in [5.41, 5.74) is 6.74. The van der Waals surface area contributed by atoms with E-state index in [0.29, 0.717) is 30.7 Å². The van der Waals surface area contributed by atoms with Crippen molar-refractivity contribution in [3.8, 4) is 0 Å². The largest absolute Gasteiger partial charge is 0.481 e. The molecular formula is C28H49N3O4. The van der Waals surface area contributed by atoms with Crippen LogP contribution in [0.5, 0.6) is 0 Å². The minimum atomic E-state index is -0.665. The van der Waals surface area contributed by atoms with Gasteiger partial charge in [-0.3, -0.25) is 4.79 Å². The molecule has 0 spiro atoms. The van der Waals surface area contributed by atoms with Gasteiger partial charge in [-0.15, -0.1) is 0 Å². The molecule has 0 aliphatic heterocycles. The molecule has 8 atom stereocenters. The van der Waals surface area contributed by atoms with Crippen LogP contribution in [0.2, 0.25) is 0 Å². The molecule has 4 aliphatic rings. The van der Waals surface area contributed by atoms with Crippen molar-refractivity contribution in [3.63, 3.8) is 0 Å². The van der Waals surface area contributed by atoms with E-state index >= 15 is 0 Å². The molecule has 0 aromatic carbocycles. The number of fused-ring (bicyclic) bond motifs is 5. The van der Waals surface area contributed by atoms with Crippen LogP contribution >= 0.6 is 0 Å². The number of ether oxygens (including phenoxy) is 1. The van der Waals surface area contributed by atoms with E-state index in [1.165, 1.54) is 0 Å². The topological polar surface area (TPSA) is 105 Å². The molecule has 0 bridgehead atoms. The number of aliphatic carboxylic acids is 1. The molecule has 0 aromatic heterocycles. The van der Waals surface area contributed by atoms with E-state index in [1.54, 1.807) is 0 Å². The minimum absolute atomic E-state index is 0.00373. The zero-order chi connectivity index (χ0) is 25.4. The van der Waals surface area contributed by atoms with Gasteiger partial charge in [0.05, 0.1) is 5.92 Å². The number of hydrogen-bond acceptors (Lipinski definition) is 5. The highest BCUT2D eigenvalue weighted by Crippen LogP contribution is 2.68. The SMILES string of the molecule is CCN(CC)CCCNC(=O)O[C@H]1CC[C@@]2(C)[C@H](CC[C@@H]3[C@@H]2CC[C@]2(C)[C@@H](C(=O)O)CC[C@]32N)C1. The molecule has 4 saturated carbocycles. The Kier molecular flexibility index (Phi) is 7.78. The molecule has 0 heterocycles. The number of carboxylic acids is 1. The van der Waals surface area contributed by atoms with Crippen molar-refractivity contribution >= 4 is 12.1 Å². The fourth-order valence-electron chi connectivity index (χ4n) is 9.02. The molecule has 4 rings (SSSR count). The highest BCUT2D eigenvalue weighted by atomic mass is 16.6. The maximum absolute atomic E-state index is 12.4. The predicted octanol–water partition coefficient (Wildman–Crippen LogP) is 4.64. The van der Waals surface area contributed by atoms with Crippen LogP contribution in [0.1, 0.15) is 91.9 Å². The van der Waals surface area contributed by atoms with Gasteiger partial charge in [-0.2, -0.15) is 0 Å². The third-order valence-corrected chi connectivity index (χ3v) is 11.3. The summed E-state index contributed by atoms with van der Waals surface area (Å²) in [6, 6.07) is 0. The second-order valence-corrected chi connectivity index (χ2v) is 12.5. The van der Waals surface area contributed by atoms with Gasteiger partial charge >= 0.3 is 12.1 Å². The molecule has 35 heavy (non-hydrogen) atoms. The number of carbonyl (C=O) groups is 2. The van der Waals surface area contributed by atoms with Gasteiger partial charge in [0.15, 0.2) is 0 Å². The first-order chi connectivity index (χ1) is 16.6. The first kappa shape index (κ1) is 26.7. The van der Waals surface area contributed by atoms with Crippen LogP contribution in [0.4, 0.5) is 4.79 Å². The first-order valence-corrected chi connectivity index (χ1v) is 14.3. The van der Waals surface area contributed by atoms with Crippen LogP contribution in [-0.4, -0.2) is 59.9 Å². The molecule has 0 saturated heterocycles. The van der Waals surface area contributed by atoms with Gasteiger partial charge in [0.2, 0.25) is 0 Å². The number of carboxylic acid groups (broad SMARTS) is 1. The summed E-state index contributed by atoms with van der Waals surface area (Å²) in [6.45, 7) is 12.7. The Morgan fingerprint density at radius 3 is 2.46 bits per heavy atom. The summed E-state index contributed by atoms with van der Waals surface area (Å²) < 4.78 is 5.87. The van der Waals surface area contributed by atoms with E-state index in [9.17, 15) is 14.7 Å². The van der Waals surface area contributed by atoms with Crippen molar-refractivity contribution in [1.29, 1.82) is 0 Å². The lowest BCUT2D eigenvalue weighted by atomic mass is 9.42. The van der Waals surface area contributed by atoms with Crippen molar-refractivity contribution in [2.24, 2.45) is 40.2 Å². The monoisotopic (exact) mass is 491 g/mol. The van der Waals surface area contributed by atoms with Crippen molar-refractivity contribution in [2.45, 2.75) is 104 Å². The highest BCUT2D eigenvalue weighted by molar-refractivity contribution is 5.72. The zero-order valence-corrected chi connectivity index (χ0v) is 22.5. The predicted molar refractivity (Wildman–Crippen MR) is 137 cm³/mol. The smallest absolute Gasteiger partial charge is 0.407 e. The molecule has 1 amide bonds. The number of nitrogens with one attached hydrogen (secondary N) is 1. The third kappa shape index (κ3) is 4.60. The Morgan fingerprint density at radius 2 is 1.77 bits per heavy atom. The second kappa shape index (κ2) is 10.2. The number of carbonyl (C=O) groups excluding carboxylic acids is 1. The maximum atomic E-state index is 12.4. The number of amides is 1. The Bertz CT molecular complexity index is 788. The molecule has 7 nitrogen and oxygen atoms in total. The lowest BCUT2D eigenvalue weighted by Crippen LogP contribution is -2.66. The standard InChI is InChI=1S/C28H49N3O4/c1-5-31(6-2)17-7-16-30-25(34)35-20-10-13-26(3)19(18-20)8-9-22-21(26)11-14-27(4)23(24(32)33)12-15-28(22,27)29/h19-23H,5-18,29H2,1-4H3,(H,30,34)(H,32,33)/t19-,20+,21+,22-,23-,26+,27-,28+/m1/s1. The zero-order valence-electron chi connectivity index (χ0n) is 22.5. The second-order valence-electron chi connectivity index (χ2n) is 12.5. The first-order valence-electron chi connectivity index (χ1n) is 14.3. The van der Waals surface area contributed by atoms with Crippen molar-refractivity contribution in [1.82, 2.24) is 10.2 Å². The minimum Gasteiger partial charge on any atom is -0.481 e. The van der Waals surface area contributed by atoms with Gasteiger partial charge in [0.25, 0.3) is 0 Å². The average Bonchev–Trinajstić information content (AvgIpc) is 3.11. The Labute approximate surface area is 211 Å². The van der Waals surface area contributed by atoms with E-state index in [0.717, 1.165) is 77.4 Å². The van der Waals surface area contributed by atoms with Gasteiger partial charge in [0, 0.05) is 12.1 Å². The van der Waals surface area contributed by atoms with Crippen molar-refractivity contribution in [3.05, 3.63) is 0 Å². The van der Waals surface area contributed by atoms with Crippen LogP contribution in [0, 0.1) is 34.5 Å². The Morgan fingerprint density at radius 1 is 1.03 bits per heavy atom. The van der Waals surface area contributed by atoms with Crippen molar-refractivity contribution in [2.75, 3.05) is 26.2 Å². The van der Waals surface area contributed by atoms with E-state index in [4.69, 9.17) is 10.5 Å². The summed E-state index contributed by atoms with van der Waals surface area (Å²) in [6.07, 6.45) is 9.31. The highest BCUT2D eigenvalue weighted by Gasteiger charge is 2.67. The molecule has 4 fully saturated rings. The van der Waals surface area contributed by atoms with Gasteiger partial charge in [-0.05, 0) is 112 Å². The van der Waals surface area contributed by atoms with Gasteiger partial charge in [-0.1, -0.05) is 27.7 Å². The van der Waals surface area contributed by atoms with E-state index in [-0.39, 0.29) is 34.5 Å². The summed E-state index contributed by atoms with van der Waals surface area (Å²) in [5.74, 6) is 0.513. The fourth-order valence-corrected chi connectivity index (χ4v) is 9.02. The van der Waals surface area contributed by atoms with Gasteiger partial charge in [0.1, 0.15) is 6.10 Å². The molecule has 4 N–H and O–H groups in total. The number of nitrogens with two attached hydrogens (primary N) is 1. The van der Waals surface area contributed by atoms with E-state index in [2.05, 4.69) is 37.9 Å².